The molecule has 4 heteroatoms. The van der Waals surface area contributed by atoms with Gasteiger partial charge in [0, 0.05) is 12.4 Å². The highest BCUT2D eigenvalue weighted by Crippen LogP contribution is 2.31. The van der Waals surface area contributed by atoms with Gasteiger partial charge in [-0.05, 0) is 34.3 Å². The molecule has 3 rings (SSSR count). The van der Waals surface area contributed by atoms with Crippen molar-refractivity contribution < 1.29 is 0 Å². The van der Waals surface area contributed by atoms with Gasteiger partial charge in [0.05, 0.1) is 27.5 Å². The van der Waals surface area contributed by atoms with Gasteiger partial charge in [-0.1, -0.05) is 89.9 Å². The minimum atomic E-state index is -1.37. The third-order valence-corrected chi connectivity index (χ3v) is 19.2. The van der Waals surface area contributed by atoms with Crippen molar-refractivity contribution in [1.82, 2.24) is 9.97 Å². The molecular weight excluding hydrogens is 372 g/mol. The van der Waals surface area contributed by atoms with Crippen LogP contribution >= 0.6 is 0 Å². The highest BCUT2D eigenvalue weighted by atomic mass is 28.3. The highest BCUT2D eigenvalue weighted by molar-refractivity contribution is 6.92. The van der Waals surface area contributed by atoms with Gasteiger partial charge in [0.25, 0.3) is 0 Å². The van der Waals surface area contributed by atoms with Crippen molar-refractivity contribution in [2.45, 2.75) is 90.6 Å². The third-order valence-electron chi connectivity index (χ3n) is 8.11. The molecule has 0 amide bonds. The second-order valence-corrected chi connectivity index (χ2v) is 19.2. The molecule has 0 saturated carbocycles. The van der Waals surface area contributed by atoms with Crippen molar-refractivity contribution in [1.29, 1.82) is 0 Å². The average molecular weight is 411 g/mol. The molecule has 0 spiro atoms. The number of hydrogen-bond acceptors (Lipinski definition) is 2. The monoisotopic (exact) mass is 410 g/mol. The number of pyridine rings is 2. The molecule has 0 aromatic carbocycles. The molecule has 152 valence electrons. The summed E-state index contributed by atoms with van der Waals surface area (Å²) in [5.41, 5.74) is 5.17. The Morgan fingerprint density at radius 3 is 1.21 bits per heavy atom. The Morgan fingerprint density at radius 1 is 0.607 bits per heavy atom. The molecule has 1 aliphatic carbocycles. The zero-order valence-corrected chi connectivity index (χ0v) is 20.9. The van der Waals surface area contributed by atoms with Gasteiger partial charge < -0.3 is 0 Å². The van der Waals surface area contributed by atoms with Crippen LogP contribution in [0.5, 0.6) is 0 Å². The van der Waals surface area contributed by atoms with Crippen molar-refractivity contribution in [3.8, 4) is 11.4 Å². The summed E-state index contributed by atoms with van der Waals surface area (Å²) in [5, 5.41) is 3.13. The molecule has 0 radical (unpaired) electrons. The fourth-order valence-electron chi connectivity index (χ4n) is 5.40. The molecule has 0 saturated heterocycles. The number of aromatic nitrogens is 2. The fraction of sp³-hybridized carbons (Fsp3) is 0.583. The summed E-state index contributed by atoms with van der Waals surface area (Å²) in [7, 11) is -2.74. The van der Waals surface area contributed by atoms with Crippen LogP contribution in [0.3, 0.4) is 0 Å². The largest absolute Gasteiger partial charge is 0.254 e. The fourth-order valence-corrected chi connectivity index (χ4v) is 12.5. The van der Waals surface area contributed by atoms with E-state index in [4.69, 9.17) is 9.97 Å². The minimum Gasteiger partial charge on any atom is -0.254 e. The van der Waals surface area contributed by atoms with Crippen LogP contribution in [-0.2, 0) is 12.8 Å². The van der Waals surface area contributed by atoms with E-state index in [0.717, 1.165) is 24.2 Å². The first-order valence-electron chi connectivity index (χ1n) is 11.5. The van der Waals surface area contributed by atoms with E-state index in [0.29, 0.717) is 0 Å². The maximum atomic E-state index is 5.01. The van der Waals surface area contributed by atoms with E-state index < -0.39 is 16.1 Å². The Kier molecular flexibility index (Phi) is 6.60. The maximum absolute atomic E-state index is 5.01. The summed E-state index contributed by atoms with van der Waals surface area (Å²) in [5.74, 6) is 0. The number of fused-ring (bicyclic) bond motifs is 3. The molecular formula is C24H38N2Si2. The Morgan fingerprint density at radius 2 is 0.929 bits per heavy atom. The van der Waals surface area contributed by atoms with Gasteiger partial charge in [0.2, 0.25) is 0 Å². The zero-order chi connectivity index (χ0) is 20.4. The molecule has 0 unspecified atom stereocenters. The van der Waals surface area contributed by atoms with Crippen molar-refractivity contribution >= 4 is 26.5 Å². The smallest absolute Gasteiger partial charge is 0.0920 e. The van der Waals surface area contributed by atoms with Gasteiger partial charge in [0.15, 0.2) is 0 Å². The predicted octanol–water partition coefficient (Wildman–Crippen LogP) is 5.67. The lowest BCUT2D eigenvalue weighted by molar-refractivity contribution is 0.914. The molecule has 0 fully saturated rings. The lowest BCUT2D eigenvalue weighted by Crippen LogP contribution is -2.46. The Labute approximate surface area is 174 Å². The molecule has 2 heterocycles. The van der Waals surface area contributed by atoms with Crippen molar-refractivity contribution in [3.05, 3.63) is 35.7 Å². The number of rotatable bonds is 8. The number of hydrogen-bond donors (Lipinski definition) is 0. The topological polar surface area (TPSA) is 25.8 Å². The second-order valence-electron chi connectivity index (χ2n) is 8.65. The van der Waals surface area contributed by atoms with Crippen LogP contribution < -0.4 is 10.4 Å². The zero-order valence-electron chi connectivity index (χ0n) is 18.9. The van der Waals surface area contributed by atoms with Crippen molar-refractivity contribution in [2.75, 3.05) is 0 Å². The van der Waals surface area contributed by atoms with Gasteiger partial charge in [0.1, 0.15) is 0 Å². The molecule has 0 atom stereocenters. The van der Waals surface area contributed by atoms with Crippen molar-refractivity contribution in [2.24, 2.45) is 0 Å². The van der Waals surface area contributed by atoms with Crippen LogP contribution in [0.1, 0.15) is 52.7 Å². The average Bonchev–Trinajstić information content (AvgIpc) is 2.76. The molecule has 0 aliphatic heterocycles. The highest BCUT2D eigenvalue weighted by Gasteiger charge is 2.33. The minimum absolute atomic E-state index is 1.12. The van der Waals surface area contributed by atoms with E-state index in [-0.39, 0.29) is 0 Å². The van der Waals surface area contributed by atoms with E-state index in [1.165, 1.54) is 47.4 Å². The standard InChI is InChI=1S/C24H38N2Si2/c1-7-27(8-2,9-3)21-15-19-13-14-20-16-22(28(10-4,11-5)12-6)18-26-24(20)23(19)25-17-21/h15-18H,7-14H2,1-6H3. The molecule has 28 heavy (non-hydrogen) atoms. The summed E-state index contributed by atoms with van der Waals surface area (Å²) < 4.78 is 0. The first-order chi connectivity index (χ1) is 13.5. The summed E-state index contributed by atoms with van der Waals surface area (Å²) in [4.78, 5) is 10.0. The maximum Gasteiger partial charge on any atom is 0.0920 e. The van der Waals surface area contributed by atoms with Crippen LogP contribution in [0.15, 0.2) is 24.5 Å². The van der Waals surface area contributed by atoms with Crippen LogP contribution in [0.2, 0.25) is 36.3 Å². The van der Waals surface area contributed by atoms with Gasteiger partial charge in [-0.25, -0.2) is 0 Å². The molecule has 0 bridgehead atoms. The second kappa shape index (κ2) is 8.62. The Bertz CT molecular complexity index is 737. The summed E-state index contributed by atoms with van der Waals surface area (Å²) in [6.07, 6.45) is 6.65. The summed E-state index contributed by atoms with van der Waals surface area (Å²) in [6.45, 7) is 14.3. The molecule has 2 aromatic heterocycles. The first-order valence-corrected chi connectivity index (χ1v) is 16.8. The van der Waals surface area contributed by atoms with Crippen LogP contribution in [0, 0.1) is 0 Å². The summed E-state index contributed by atoms with van der Waals surface area (Å²) in [6, 6.07) is 12.9. The normalized spacial score (nSPS) is 13.9. The number of nitrogens with zero attached hydrogens (tertiary/aromatic N) is 2. The Balaban J connectivity index is 2.03. The van der Waals surface area contributed by atoms with E-state index in [9.17, 15) is 0 Å². The van der Waals surface area contributed by atoms with Gasteiger partial charge >= 0.3 is 0 Å². The number of aryl methyl sites for hydroxylation is 2. The van der Waals surface area contributed by atoms with Crippen LogP contribution in [0.25, 0.3) is 11.4 Å². The van der Waals surface area contributed by atoms with E-state index in [2.05, 4.69) is 66.1 Å². The quantitative estimate of drug-likeness (QED) is 0.524. The van der Waals surface area contributed by atoms with Crippen molar-refractivity contribution in [3.63, 3.8) is 0 Å². The third kappa shape index (κ3) is 3.43. The van der Waals surface area contributed by atoms with E-state index in [1.54, 1.807) is 10.4 Å². The van der Waals surface area contributed by atoms with E-state index in [1.807, 2.05) is 0 Å². The Hall–Kier alpha value is -1.27. The first kappa shape index (κ1) is 21.4. The lowest BCUT2D eigenvalue weighted by atomic mass is 9.93. The molecule has 1 aliphatic rings. The van der Waals surface area contributed by atoms with Gasteiger partial charge in [-0.15, -0.1) is 0 Å². The van der Waals surface area contributed by atoms with Gasteiger partial charge in [-0.2, -0.15) is 0 Å². The lowest BCUT2D eigenvalue weighted by Gasteiger charge is -2.31. The van der Waals surface area contributed by atoms with Crippen LogP contribution in [0.4, 0.5) is 0 Å². The predicted molar refractivity (Wildman–Crippen MR) is 129 cm³/mol. The SMILES string of the molecule is CC[Si](CC)(CC)c1cnc2c(c1)CCc1cc([Si](CC)(CC)CC)cnc1-2. The molecule has 2 aromatic rings. The molecule has 2 nitrogen and oxygen atoms in total. The molecule has 0 N–H and O–H groups in total. The van der Waals surface area contributed by atoms with E-state index >= 15 is 0 Å². The van der Waals surface area contributed by atoms with Gasteiger partial charge in [-0.3, -0.25) is 9.97 Å². The van der Waals surface area contributed by atoms with Crippen LogP contribution in [-0.4, -0.2) is 26.1 Å². The summed E-state index contributed by atoms with van der Waals surface area (Å²) >= 11 is 0.